The predicted octanol–water partition coefficient (Wildman–Crippen LogP) is 1.87. The highest BCUT2D eigenvalue weighted by Gasteiger charge is 2.06. The van der Waals surface area contributed by atoms with Gasteiger partial charge < -0.3 is 10.1 Å². The lowest BCUT2D eigenvalue weighted by Crippen LogP contribution is -2.80. The van der Waals surface area contributed by atoms with E-state index in [9.17, 15) is 10.1 Å². The number of ether oxygens (including phenoxy) is 1. The lowest BCUT2D eigenvalue weighted by atomic mass is 10.2. The van der Waals surface area contributed by atoms with Crippen LogP contribution in [0.4, 0.5) is 5.69 Å². The fourth-order valence-corrected chi connectivity index (χ4v) is 1.96. The molecule has 0 fully saturated rings. The fraction of sp³-hybridized carbons (Fsp3) is 0.200. The molecule has 2 rings (SSSR count). The summed E-state index contributed by atoms with van der Waals surface area (Å²) in [7, 11) is 1.64. The van der Waals surface area contributed by atoms with Gasteiger partial charge in [-0.2, -0.15) is 0 Å². The van der Waals surface area contributed by atoms with E-state index in [1.807, 2.05) is 30.3 Å². The Morgan fingerprint density at radius 3 is 2.45 bits per heavy atom. The number of rotatable bonds is 6. The van der Waals surface area contributed by atoms with E-state index in [-0.39, 0.29) is 10.6 Å². The lowest BCUT2D eigenvalue weighted by molar-refractivity contribution is -0.686. The molecule has 0 heterocycles. The van der Waals surface area contributed by atoms with Gasteiger partial charge in [-0.25, -0.2) is 0 Å². The molecule has 0 atom stereocenters. The van der Waals surface area contributed by atoms with E-state index in [1.165, 1.54) is 11.6 Å². The zero-order valence-corrected chi connectivity index (χ0v) is 11.3. The third kappa shape index (κ3) is 3.80. The van der Waals surface area contributed by atoms with Gasteiger partial charge in [0.15, 0.2) is 0 Å². The summed E-state index contributed by atoms with van der Waals surface area (Å²) in [5.41, 5.74) is 2.28. The molecule has 104 valence electrons. The summed E-state index contributed by atoms with van der Waals surface area (Å²) in [4.78, 5) is 10.3. The molecule has 0 spiro atoms. The minimum absolute atomic E-state index is 0.139. The average Bonchev–Trinajstić information content (AvgIpc) is 2.48. The second-order valence-electron chi connectivity index (χ2n) is 4.47. The second kappa shape index (κ2) is 6.68. The van der Waals surface area contributed by atoms with Crippen LogP contribution in [0.3, 0.4) is 0 Å². The third-order valence-corrected chi connectivity index (χ3v) is 3.04. The molecule has 2 N–H and O–H groups in total. The number of methoxy groups -OCH3 is 1. The molecule has 0 aliphatic rings. The molecule has 0 saturated carbocycles. The van der Waals surface area contributed by atoms with Crippen LogP contribution in [0.25, 0.3) is 0 Å². The van der Waals surface area contributed by atoms with Gasteiger partial charge in [-0.1, -0.05) is 12.1 Å². The molecule has 0 bridgehead atoms. The monoisotopic (exact) mass is 273 g/mol. The van der Waals surface area contributed by atoms with Crippen LogP contribution in [0, 0.1) is 10.1 Å². The van der Waals surface area contributed by atoms with Crippen molar-refractivity contribution in [3.05, 3.63) is 69.8 Å². The van der Waals surface area contributed by atoms with E-state index in [1.54, 1.807) is 19.2 Å². The number of nitro groups is 1. The van der Waals surface area contributed by atoms with Crippen molar-refractivity contribution in [3.8, 4) is 5.75 Å². The maximum absolute atomic E-state index is 10.7. The standard InChI is InChI=1S/C15H16N2O3/c1-20-15-7-5-12(6-8-15)10-16-11-13-3-2-4-14(9-13)17(18)19/h2-9,16H,10-11H2,1H3/p+1. The Balaban J connectivity index is 1.88. The topological polar surface area (TPSA) is 69.0 Å². The summed E-state index contributed by atoms with van der Waals surface area (Å²) in [6.45, 7) is 1.54. The van der Waals surface area contributed by atoms with E-state index >= 15 is 0 Å². The lowest BCUT2D eigenvalue weighted by Gasteiger charge is -2.04. The minimum Gasteiger partial charge on any atom is -0.497 e. The van der Waals surface area contributed by atoms with E-state index < -0.39 is 0 Å². The predicted molar refractivity (Wildman–Crippen MR) is 75.4 cm³/mol. The van der Waals surface area contributed by atoms with E-state index in [0.717, 1.165) is 17.9 Å². The molecule has 0 radical (unpaired) electrons. The first-order chi connectivity index (χ1) is 9.69. The molecule has 5 nitrogen and oxygen atoms in total. The van der Waals surface area contributed by atoms with Crippen LogP contribution in [0.15, 0.2) is 48.5 Å². The highest BCUT2D eigenvalue weighted by Crippen LogP contribution is 2.12. The van der Waals surface area contributed by atoms with E-state index in [4.69, 9.17) is 4.74 Å². The van der Waals surface area contributed by atoms with Crippen molar-refractivity contribution in [2.45, 2.75) is 13.1 Å². The van der Waals surface area contributed by atoms with Crippen LogP contribution < -0.4 is 10.1 Å². The highest BCUT2D eigenvalue weighted by molar-refractivity contribution is 5.33. The van der Waals surface area contributed by atoms with Gasteiger partial charge in [-0.3, -0.25) is 10.1 Å². The fourth-order valence-electron chi connectivity index (χ4n) is 1.96. The van der Waals surface area contributed by atoms with Gasteiger partial charge in [-0.05, 0) is 24.3 Å². The van der Waals surface area contributed by atoms with Crippen LogP contribution >= 0.6 is 0 Å². The van der Waals surface area contributed by atoms with Crippen LogP contribution in [-0.4, -0.2) is 12.0 Å². The van der Waals surface area contributed by atoms with Gasteiger partial charge in [0, 0.05) is 23.3 Å². The Bertz CT molecular complexity index is 582. The molecule has 2 aromatic carbocycles. The molecule has 0 aliphatic heterocycles. The summed E-state index contributed by atoms with van der Waals surface area (Å²) in [5.74, 6) is 0.840. The van der Waals surface area contributed by atoms with E-state index in [0.29, 0.717) is 6.54 Å². The molecule has 5 heteroatoms. The average molecular weight is 273 g/mol. The zero-order chi connectivity index (χ0) is 14.4. The Kier molecular flexibility index (Phi) is 4.68. The Morgan fingerprint density at radius 1 is 1.10 bits per heavy atom. The molecule has 0 amide bonds. The molecule has 2 aromatic rings. The maximum atomic E-state index is 10.7. The van der Waals surface area contributed by atoms with Crippen molar-refractivity contribution in [2.75, 3.05) is 7.11 Å². The first-order valence-electron chi connectivity index (χ1n) is 6.37. The Morgan fingerprint density at radius 2 is 1.80 bits per heavy atom. The van der Waals surface area contributed by atoms with Gasteiger partial charge in [0.05, 0.1) is 12.0 Å². The largest absolute Gasteiger partial charge is 0.497 e. The van der Waals surface area contributed by atoms with E-state index in [2.05, 4.69) is 5.32 Å². The summed E-state index contributed by atoms with van der Waals surface area (Å²) < 4.78 is 5.10. The van der Waals surface area contributed by atoms with Gasteiger partial charge in [0.25, 0.3) is 5.69 Å². The van der Waals surface area contributed by atoms with Crippen molar-refractivity contribution in [2.24, 2.45) is 0 Å². The number of nitrogens with two attached hydrogens (primary N) is 1. The summed E-state index contributed by atoms with van der Waals surface area (Å²) in [5, 5.41) is 12.8. The molecular formula is C15H17N2O3+. The SMILES string of the molecule is COc1ccc(C[NH2+]Cc2cccc([N+](=O)[O-])c2)cc1. The van der Waals surface area contributed by atoms with Crippen LogP contribution in [0.2, 0.25) is 0 Å². The van der Waals surface area contributed by atoms with Gasteiger partial charge in [-0.15, -0.1) is 0 Å². The Labute approximate surface area is 117 Å². The van der Waals surface area contributed by atoms with Crippen molar-refractivity contribution in [3.63, 3.8) is 0 Å². The van der Waals surface area contributed by atoms with Crippen molar-refractivity contribution >= 4 is 5.69 Å². The normalized spacial score (nSPS) is 10.2. The number of nitrogens with zero attached hydrogens (tertiary/aromatic N) is 1. The highest BCUT2D eigenvalue weighted by atomic mass is 16.6. The maximum Gasteiger partial charge on any atom is 0.269 e. The van der Waals surface area contributed by atoms with Gasteiger partial charge in [0.2, 0.25) is 0 Å². The third-order valence-electron chi connectivity index (χ3n) is 3.04. The number of non-ortho nitro benzene ring substituents is 1. The molecule has 0 unspecified atom stereocenters. The smallest absolute Gasteiger partial charge is 0.269 e. The number of quaternary nitrogens is 1. The first-order valence-corrected chi connectivity index (χ1v) is 6.37. The summed E-state index contributed by atoms with van der Waals surface area (Å²) >= 11 is 0. The van der Waals surface area contributed by atoms with Crippen LogP contribution in [0.1, 0.15) is 11.1 Å². The first kappa shape index (κ1) is 14.0. The molecule has 20 heavy (non-hydrogen) atoms. The molecule has 0 saturated heterocycles. The number of hydrogen-bond donors (Lipinski definition) is 1. The molecule has 0 aromatic heterocycles. The zero-order valence-electron chi connectivity index (χ0n) is 11.3. The van der Waals surface area contributed by atoms with Gasteiger partial charge in [0.1, 0.15) is 18.8 Å². The number of nitro benzene ring substituents is 1. The van der Waals surface area contributed by atoms with Crippen LogP contribution in [0.5, 0.6) is 5.75 Å². The Hall–Kier alpha value is -2.40. The van der Waals surface area contributed by atoms with Gasteiger partial charge >= 0.3 is 0 Å². The number of benzene rings is 2. The quantitative estimate of drug-likeness (QED) is 0.645. The van der Waals surface area contributed by atoms with Crippen LogP contribution in [-0.2, 0) is 13.1 Å². The van der Waals surface area contributed by atoms with Crippen molar-refractivity contribution in [1.29, 1.82) is 0 Å². The molecular weight excluding hydrogens is 256 g/mol. The summed E-state index contributed by atoms with van der Waals surface area (Å²) in [6.07, 6.45) is 0. The van der Waals surface area contributed by atoms with Crippen molar-refractivity contribution < 1.29 is 15.0 Å². The number of hydrogen-bond acceptors (Lipinski definition) is 3. The minimum atomic E-state index is -0.368. The van der Waals surface area contributed by atoms with Crippen molar-refractivity contribution in [1.82, 2.24) is 0 Å². The second-order valence-corrected chi connectivity index (χ2v) is 4.47. The molecule has 0 aliphatic carbocycles. The summed E-state index contributed by atoms with van der Waals surface area (Å²) in [6, 6.07) is 14.6.